The molecule has 1 saturated carbocycles. The maximum atomic E-state index is 12.1. The van der Waals surface area contributed by atoms with E-state index < -0.39 is 10.8 Å². The van der Waals surface area contributed by atoms with Crippen molar-refractivity contribution in [1.82, 2.24) is 15.6 Å². The van der Waals surface area contributed by atoms with E-state index in [0.29, 0.717) is 30.3 Å². The molecule has 1 fully saturated rings. The van der Waals surface area contributed by atoms with Crippen molar-refractivity contribution in [3.8, 4) is 5.88 Å². The van der Waals surface area contributed by atoms with Crippen molar-refractivity contribution >= 4 is 16.8 Å². The summed E-state index contributed by atoms with van der Waals surface area (Å²) in [6, 6.07) is 4.25. The third-order valence-electron chi connectivity index (χ3n) is 4.59. The van der Waals surface area contributed by atoms with Crippen LogP contribution in [0, 0.1) is 0 Å². The maximum Gasteiger partial charge on any atom is 0.218 e. The third kappa shape index (κ3) is 6.27. The Kier molecular flexibility index (Phi) is 8.88. The van der Waals surface area contributed by atoms with Crippen LogP contribution in [0.1, 0.15) is 51.5 Å². The van der Waals surface area contributed by atoms with Crippen LogP contribution >= 0.6 is 0 Å². The molecule has 3 unspecified atom stereocenters. The Morgan fingerprint density at radius 3 is 3.00 bits per heavy atom. The Morgan fingerprint density at radius 1 is 1.42 bits per heavy atom. The number of pyridine rings is 1. The fraction of sp³-hybridized carbons (Fsp3) is 0.684. The predicted octanol–water partition coefficient (Wildman–Crippen LogP) is 2.62. The molecule has 0 spiro atoms. The molecular weight excluding hydrogens is 348 g/mol. The highest BCUT2D eigenvalue weighted by Gasteiger charge is 2.26. The Hall–Kier alpha value is -1.63. The summed E-state index contributed by atoms with van der Waals surface area (Å²) in [7, 11) is 1.06. The molecule has 1 heterocycles. The number of rotatable bonds is 8. The molecule has 1 aliphatic rings. The van der Waals surface area contributed by atoms with Gasteiger partial charge in [0.05, 0.1) is 6.61 Å². The normalized spacial score (nSPS) is 21.9. The molecule has 26 heavy (non-hydrogen) atoms. The second-order valence-corrected chi connectivity index (χ2v) is 8.55. The standard InChI is InChI=1S/C19H32N4O2S/c1-4-12-25-18-15(8-7-11-21-18)14-22-19(20-3)23-16-9-6-10-17(13-16)26(24)5-2/h7-8,11,16-17H,4-6,9-10,12-14H2,1-3H3,(H2,20,22,23). The van der Waals surface area contributed by atoms with Gasteiger partial charge < -0.3 is 15.4 Å². The SMILES string of the molecule is CCCOc1ncccc1CNC(=NC)NC1CCCC(S(=O)CC)C1. The van der Waals surface area contributed by atoms with Gasteiger partial charge in [0.15, 0.2) is 5.96 Å². The zero-order chi connectivity index (χ0) is 18.8. The molecule has 0 radical (unpaired) electrons. The average Bonchev–Trinajstić information content (AvgIpc) is 2.69. The fourth-order valence-electron chi connectivity index (χ4n) is 3.20. The molecule has 6 nitrogen and oxygen atoms in total. The molecule has 146 valence electrons. The lowest BCUT2D eigenvalue weighted by molar-refractivity contribution is 0.301. The number of aromatic nitrogens is 1. The van der Waals surface area contributed by atoms with Crippen LogP contribution in [0.4, 0.5) is 0 Å². The van der Waals surface area contributed by atoms with Crippen LogP contribution < -0.4 is 15.4 Å². The van der Waals surface area contributed by atoms with E-state index in [1.165, 1.54) is 0 Å². The van der Waals surface area contributed by atoms with Crippen LogP contribution in [0.25, 0.3) is 0 Å². The van der Waals surface area contributed by atoms with E-state index >= 15 is 0 Å². The first-order chi connectivity index (χ1) is 12.7. The minimum Gasteiger partial charge on any atom is -0.477 e. The number of ether oxygens (including phenoxy) is 1. The van der Waals surface area contributed by atoms with Gasteiger partial charge in [0.2, 0.25) is 5.88 Å². The van der Waals surface area contributed by atoms with Gasteiger partial charge in [-0.3, -0.25) is 9.20 Å². The van der Waals surface area contributed by atoms with Gasteiger partial charge in [-0.1, -0.05) is 26.3 Å². The molecule has 2 N–H and O–H groups in total. The van der Waals surface area contributed by atoms with Crippen molar-refractivity contribution in [3.63, 3.8) is 0 Å². The van der Waals surface area contributed by atoms with Crippen molar-refractivity contribution in [2.75, 3.05) is 19.4 Å². The molecule has 1 aromatic rings. The summed E-state index contributed by atoms with van der Waals surface area (Å²) in [5, 5.41) is 7.14. The fourth-order valence-corrected chi connectivity index (χ4v) is 4.55. The van der Waals surface area contributed by atoms with Crippen molar-refractivity contribution in [2.45, 2.75) is 63.8 Å². The molecule has 2 rings (SSSR count). The topological polar surface area (TPSA) is 75.6 Å². The van der Waals surface area contributed by atoms with Crippen LogP contribution in [0.5, 0.6) is 5.88 Å². The number of hydrogen-bond donors (Lipinski definition) is 2. The molecule has 7 heteroatoms. The molecule has 0 aromatic carbocycles. The third-order valence-corrected chi connectivity index (χ3v) is 6.33. The lowest BCUT2D eigenvalue weighted by Gasteiger charge is -2.30. The molecule has 1 aromatic heterocycles. The minimum absolute atomic E-state index is 0.303. The predicted molar refractivity (Wildman–Crippen MR) is 108 cm³/mol. The Morgan fingerprint density at radius 2 is 2.27 bits per heavy atom. The quantitative estimate of drug-likeness (QED) is 0.536. The zero-order valence-electron chi connectivity index (χ0n) is 16.2. The molecule has 1 aliphatic carbocycles. The van der Waals surface area contributed by atoms with Crippen LogP contribution in [0.15, 0.2) is 23.3 Å². The van der Waals surface area contributed by atoms with Crippen molar-refractivity contribution in [3.05, 3.63) is 23.9 Å². The second kappa shape index (κ2) is 11.2. The second-order valence-electron chi connectivity index (χ2n) is 6.54. The van der Waals surface area contributed by atoms with Crippen molar-refractivity contribution < 1.29 is 8.95 Å². The first-order valence-corrected chi connectivity index (χ1v) is 11.0. The van der Waals surface area contributed by atoms with E-state index in [1.54, 1.807) is 13.2 Å². The highest BCUT2D eigenvalue weighted by molar-refractivity contribution is 7.85. The van der Waals surface area contributed by atoms with Gasteiger partial charge in [0.25, 0.3) is 0 Å². The Labute approximate surface area is 159 Å². The smallest absolute Gasteiger partial charge is 0.218 e. The van der Waals surface area contributed by atoms with Gasteiger partial charge >= 0.3 is 0 Å². The monoisotopic (exact) mass is 380 g/mol. The van der Waals surface area contributed by atoms with Gasteiger partial charge in [-0.2, -0.15) is 0 Å². The maximum absolute atomic E-state index is 12.1. The highest BCUT2D eigenvalue weighted by Crippen LogP contribution is 2.23. The van der Waals surface area contributed by atoms with E-state index in [0.717, 1.165) is 49.4 Å². The van der Waals surface area contributed by atoms with E-state index in [2.05, 4.69) is 27.5 Å². The van der Waals surface area contributed by atoms with E-state index in [4.69, 9.17) is 4.74 Å². The molecule has 0 bridgehead atoms. The van der Waals surface area contributed by atoms with Gasteiger partial charge in [-0.25, -0.2) is 4.98 Å². The van der Waals surface area contributed by atoms with Crippen LogP contribution in [0.2, 0.25) is 0 Å². The summed E-state index contributed by atoms with van der Waals surface area (Å²) >= 11 is 0. The summed E-state index contributed by atoms with van der Waals surface area (Å²) in [5.74, 6) is 2.18. The van der Waals surface area contributed by atoms with E-state index in [9.17, 15) is 4.21 Å². The number of nitrogens with one attached hydrogen (secondary N) is 2. The van der Waals surface area contributed by atoms with Gasteiger partial charge in [-0.05, 0) is 31.7 Å². The highest BCUT2D eigenvalue weighted by atomic mass is 32.2. The number of hydrogen-bond acceptors (Lipinski definition) is 4. The van der Waals surface area contributed by atoms with E-state index in [1.807, 2.05) is 19.1 Å². The molecule has 0 amide bonds. The summed E-state index contributed by atoms with van der Waals surface area (Å²) < 4.78 is 17.8. The van der Waals surface area contributed by atoms with Crippen LogP contribution in [0.3, 0.4) is 0 Å². The summed E-state index contributed by atoms with van der Waals surface area (Å²) in [6.45, 7) is 5.34. The van der Waals surface area contributed by atoms with Gasteiger partial charge in [0.1, 0.15) is 0 Å². The lowest BCUT2D eigenvalue weighted by atomic mass is 9.95. The Balaban J connectivity index is 1.89. The molecule has 0 saturated heterocycles. The zero-order valence-corrected chi connectivity index (χ0v) is 17.0. The lowest BCUT2D eigenvalue weighted by Crippen LogP contribution is -2.46. The van der Waals surface area contributed by atoms with Gasteiger partial charge in [-0.15, -0.1) is 0 Å². The average molecular weight is 381 g/mol. The first kappa shape index (κ1) is 20.7. The minimum atomic E-state index is -0.716. The van der Waals surface area contributed by atoms with Crippen molar-refractivity contribution in [1.29, 1.82) is 0 Å². The van der Waals surface area contributed by atoms with Gasteiger partial charge in [0, 0.05) is 53.2 Å². The molecular formula is C19H32N4O2S. The number of guanidine groups is 1. The largest absolute Gasteiger partial charge is 0.477 e. The number of aliphatic imine (C=N–C) groups is 1. The van der Waals surface area contributed by atoms with Crippen molar-refractivity contribution in [2.24, 2.45) is 4.99 Å². The first-order valence-electron chi connectivity index (χ1n) is 9.58. The van der Waals surface area contributed by atoms with E-state index in [-0.39, 0.29) is 0 Å². The summed E-state index contributed by atoms with van der Waals surface area (Å²) in [5.41, 5.74) is 1.01. The Bertz CT molecular complexity index is 609. The molecule has 0 aliphatic heterocycles. The molecule has 3 atom stereocenters. The van der Waals surface area contributed by atoms with Crippen LogP contribution in [-0.2, 0) is 17.3 Å². The van der Waals surface area contributed by atoms with Crippen LogP contribution in [-0.4, -0.2) is 45.9 Å². The summed E-state index contributed by atoms with van der Waals surface area (Å²) in [4.78, 5) is 8.65. The number of nitrogens with zero attached hydrogens (tertiary/aromatic N) is 2. The summed E-state index contributed by atoms with van der Waals surface area (Å²) in [6.07, 6.45) is 6.92.